The van der Waals surface area contributed by atoms with Gasteiger partial charge in [0.25, 0.3) is 0 Å². The Morgan fingerprint density at radius 1 is 1.27 bits per heavy atom. The molecular formula is C22H27BrN2O. The third-order valence-electron chi connectivity index (χ3n) is 5.05. The fraction of sp³-hybridized carbons (Fsp3) is 0.409. The van der Waals surface area contributed by atoms with E-state index in [9.17, 15) is 4.79 Å². The Labute approximate surface area is 164 Å². The quantitative estimate of drug-likeness (QED) is 0.737. The Hall–Kier alpha value is -1.81. The van der Waals surface area contributed by atoms with Gasteiger partial charge in [0.2, 0.25) is 5.91 Å². The van der Waals surface area contributed by atoms with E-state index >= 15 is 0 Å². The Morgan fingerprint density at radius 3 is 2.73 bits per heavy atom. The summed E-state index contributed by atoms with van der Waals surface area (Å²) in [5, 5.41) is 3.10. The number of nitrogens with one attached hydrogen (secondary N) is 1. The van der Waals surface area contributed by atoms with Crippen LogP contribution in [0.3, 0.4) is 0 Å². The lowest BCUT2D eigenvalue weighted by atomic mass is 9.99. The van der Waals surface area contributed by atoms with Crippen molar-refractivity contribution in [3.05, 3.63) is 64.1 Å². The van der Waals surface area contributed by atoms with Crippen LogP contribution in [0.2, 0.25) is 0 Å². The lowest BCUT2D eigenvalue weighted by molar-refractivity contribution is -0.121. The van der Waals surface area contributed by atoms with Crippen LogP contribution in [0.5, 0.6) is 0 Å². The summed E-state index contributed by atoms with van der Waals surface area (Å²) in [6.45, 7) is 6.64. The number of amides is 1. The van der Waals surface area contributed by atoms with E-state index in [1.807, 2.05) is 31.2 Å². The summed E-state index contributed by atoms with van der Waals surface area (Å²) < 4.78 is 0.999. The number of hydrogen-bond donors (Lipinski definition) is 1. The number of benzene rings is 2. The largest absolute Gasteiger partial charge is 0.371 e. The van der Waals surface area contributed by atoms with Gasteiger partial charge in [-0.15, -0.1) is 0 Å². The molecule has 0 radical (unpaired) electrons. The molecule has 1 fully saturated rings. The van der Waals surface area contributed by atoms with E-state index in [0.717, 1.165) is 34.6 Å². The van der Waals surface area contributed by atoms with Crippen LogP contribution in [0.1, 0.15) is 43.9 Å². The van der Waals surface area contributed by atoms with Crippen molar-refractivity contribution in [2.45, 2.75) is 39.2 Å². The Kier molecular flexibility index (Phi) is 6.36. The molecule has 1 saturated heterocycles. The van der Waals surface area contributed by atoms with Gasteiger partial charge in [-0.05, 0) is 61.1 Å². The summed E-state index contributed by atoms with van der Waals surface area (Å²) in [7, 11) is 0. The van der Waals surface area contributed by atoms with Crippen LogP contribution in [0.25, 0.3) is 0 Å². The first-order valence-electron chi connectivity index (χ1n) is 9.40. The zero-order chi connectivity index (χ0) is 18.5. The maximum atomic E-state index is 12.3. The zero-order valence-corrected chi connectivity index (χ0v) is 17.1. The maximum absolute atomic E-state index is 12.3. The van der Waals surface area contributed by atoms with E-state index in [1.54, 1.807) is 0 Å². The summed E-state index contributed by atoms with van der Waals surface area (Å²) in [4.78, 5) is 14.8. The molecular weight excluding hydrogens is 388 g/mol. The molecule has 3 rings (SSSR count). The average Bonchev–Trinajstić information content (AvgIpc) is 2.61. The van der Waals surface area contributed by atoms with Crippen molar-refractivity contribution >= 4 is 27.5 Å². The Bertz CT molecular complexity index is 744. The predicted octanol–water partition coefficient (Wildman–Crippen LogP) is 5.11. The number of carbonyl (C=O) groups is 1. The van der Waals surface area contributed by atoms with Gasteiger partial charge < -0.3 is 10.2 Å². The number of halogens is 1. The maximum Gasteiger partial charge on any atom is 0.224 e. The lowest BCUT2D eigenvalue weighted by Crippen LogP contribution is -2.34. The minimum atomic E-state index is 0.00369. The summed E-state index contributed by atoms with van der Waals surface area (Å²) in [6.07, 6.45) is 2.99. The highest BCUT2D eigenvalue weighted by Gasteiger charge is 2.17. The first-order chi connectivity index (χ1) is 12.5. The summed E-state index contributed by atoms with van der Waals surface area (Å²) in [5.41, 5.74) is 3.44. The fourth-order valence-corrected chi connectivity index (χ4v) is 4.05. The number of carbonyl (C=O) groups excluding carboxylic acids is 1. The molecule has 0 unspecified atom stereocenters. The van der Waals surface area contributed by atoms with Crippen molar-refractivity contribution in [1.29, 1.82) is 0 Å². The van der Waals surface area contributed by atoms with Crippen LogP contribution >= 0.6 is 15.9 Å². The third-order valence-corrected chi connectivity index (χ3v) is 5.54. The molecule has 1 N–H and O–H groups in total. The molecule has 1 heterocycles. The standard InChI is InChI=1S/C22H27BrN2O/c1-16-5-4-12-25(15-16)21-10-8-19(9-11-21)17(2)24-22(26)14-18-6-3-7-20(23)13-18/h3,6-11,13,16-17H,4-5,12,14-15H2,1-2H3,(H,24,26)/t16-,17-/m0/s1. The first-order valence-corrected chi connectivity index (χ1v) is 10.2. The SMILES string of the molecule is C[C@H]1CCCN(c2ccc([C@H](C)NC(=O)Cc3cccc(Br)c3)cc2)C1. The molecule has 1 amide bonds. The van der Waals surface area contributed by atoms with Crippen molar-refractivity contribution in [2.75, 3.05) is 18.0 Å². The van der Waals surface area contributed by atoms with Gasteiger partial charge >= 0.3 is 0 Å². The van der Waals surface area contributed by atoms with Gasteiger partial charge in [0, 0.05) is 23.2 Å². The van der Waals surface area contributed by atoms with Gasteiger partial charge in [0.05, 0.1) is 12.5 Å². The molecule has 1 aliphatic heterocycles. The smallest absolute Gasteiger partial charge is 0.224 e. The molecule has 2 atom stereocenters. The van der Waals surface area contributed by atoms with Crippen LogP contribution in [-0.2, 0) is 11.2 Å². The topological polar surface area (TPSA) is 32.3 Å². The normalized spacial score (nSPS) is 18.4. The monoisotopic (exact) mass is 414 g/mol. The van der Waals surface area contributed by atoms with Gasteiger partial charge in [0.15, 0.2) is 0 Å². The van der Waals surface area contributed by atoms with Crippen molar-refractivity contribution in [3.8, 4) is 0 Å². The van der Waals surface area contributed by atoms with E-state index in [-0.39, 0.29) is 11.9 Å². The predicted molar refractivity (Wildman–Crippen MR) is 111 cm³/mol. The molecule has 138 valence electrons. The average molecular weight is 415 g/mol. The van der Waals surface area contributed by atoms with E-state index in [1.165, 1.54) is 18.5 Å². The molecule has 0 bridgehead atoms. The van der Waals surface area contributed by atoms with Gasteiger partial charge in [0.1, 0.15) is 0 Å². The summed E-state index contributed by atoms with van der Waals surface area (Å²) in [6, 6.07) is 16.5. The van der Waals surface area contributed by atoms with Crippen LogP contribution < -0.4 is 10.2 Å². The number of anilines is 1. The molecule has 3 nitrogen and oxygen atoms in total. The first kappa shape index (κ1) is 19.0. The molecule has 2 aromatic carbocycles. The second kappa shape index (κ2) is 8.72. The molecule has 26 heavy (non-hydrogen) atoms. The number of piperidine rings is 1. The second-order valence-corrected chi connectivity index (χ2v) is 8.30. The van der Waals surface area contributed by atoms with E-state index in [0.29, 0.717) is 6.42 Å². The number of rotatable bonds is 5. The minimum absolute atomic E-state index is 0.00369. The highest BCUT2D eigenvalue weighted by molar-refractivity contribution is 9.10. The highest BCUT2D eigenvalue weighted by atomic mass is 79.9. The van der Waals surface area contributed by atoms with E-state index < -0.39 is 0 Å². The Morgan fingerprint density at radius 2 is 2.04 bits per heavy atom. The lowest BCUT2D eigenvalue weighted by Gasteiger charge is -2.33. The minimum Gasteiger partial charge on any atom is -0.371 e. The summed E-state index contributed by atoms with van der Waals surface area (Å²) in [5.74, 6) is 0.809. The molecule has 0 spiro atoms. The van der Waals surface area contributed by atoms with Crippen LogP contribution in [0, 0.1) is 5.92 Å². The fourth-order valence-electron chi connectivity index (χ4n) is 3.61. The van der Waals surface area contributed by atoms with Gasteiger partial charge in [-0.25, -0.2) is 0 Å². The van der Waals surface area contributed by atoms with Crippen LogP contribution in [0.4, 0.5) is 5.69 Å². The van der Waals surface area contributed by atoms with Gasteiger partial charge in [-0.2, -0.15) is 0 Å². The number of nitrogens with zero attached hydrogens (tertiary/aromatic N) is 1. The molecule has 0 saturated carbocycles. The van der Waals surface area contributed by atoms with Gasteiger partial charge in [-0.1, -0.05) is 47.1 Å². The molecule has 4 heteroatoms. The third kappa shape index (κ3) is 5.10. The Balaban J connectivity index is 1.57. The van der Waals surface area contributed by atoms with Crippen LogP contribution in [0.15, 0.2) is 53.0 Å². The van der Waals surface area contributed by atoms with Crippen molar-refractivity contribution < 1.29 is 4.79 Å². The van der Waals surface area contributed by atoms with Crippen molar-refractivity contribution in [2.24, 2.45) is 5.92 Å². The van der Waals surface area contributed by atoms with Crippen molar-refractivity contribution in [3.63, 3.8) is 0 Å². The molecule has 0 aliphatic carbocycles. The van der Waals surface area contributed by atoms with Crippen molar-refractivity contribution in [1.82, 2.24) is 5.32 Å². The molecule has 2 aromatic rings. The molecule has 1 aliphatic rings. The van der Waals surface area contributed by atoms with Crippen LogP contribution in [-0.4, -0.2) is 19.0 Å². The second-order valence-electron chi connectivity index (χ2n) is 7.38. The zero-order valence-electron chi connectivity index (χ0n) is 15.5. The van der Waals surface area contributed by atoms with Gasteiger partial charge in [-0.3, -0.25) is 4.79 Å². The molecule has 0 aromatic heterocycles. The van der Waals surface area contributed by atoms with E-state index in [2.05, 4.69) is 57.3 Å². The summed E-state index contributed by atoms with van der Waals surface area (Å²) >= 11 is 3.45. The number of hydrogen-bond acceptors (Lipinski definition) is 2. The van der Waals surface area contributed by atoms with E-state index in [4.69, 9.17) is 0 Å². The highest BCUT2D eigenvalue weighted by Crippen LogP contribution is 2.24.